The minimum Gasteiger partial charge on any atom is -0.478 e. The van der Waals surface area contributed by atoms with Crippen molar-refractivity contribution in [2.75, 3.05) is 13.1 Å². The molecule has 0 atom stereocenters. The van der Waals surface area contributed by atoms with E-state index in [1.807, 2.05) is 0 Å². The van der Waals surface area contributed by atoms with E-state index in [0.29, 0.717) is 24.0 Å². The van der Waals surface area contributed by atoms with Crippen molar-refractivity contribution in [2.24, 2.45) is 0 Å². The second kappa shape index (κ2) is 7.94. The first-order chi connectivity index (χ1) is 12.9. The second-order valence-electron chi connectivity index (χ2n) is 7.00. The zero-order chi connectivity index (χ0) is 19.6. The Hall–Kier alpha value is -1.99. The van der Waals surface area contributed by atoms with E-state index < -0.39 is 16.0 Å². The number of sulfonamides is 1. The first-order valence-electron chi connectivity index (χ1n) is 9.56. The third kappa shape index (κ3) is 3.84. The van der Waals surface area contributed by atoms with Crippen LogP contribution in [0.15, 0.2) is 29.2 Å². The van der Waals surface area contributed by atoms with Crippen molar-refractivity contribution < 1.29 is 18.3 Å². The summed E-state index contributed by atoms with van der Waals surface area (Å²) >= 11 is 0. The lowest BCUT2D eigenvalue weighted by molar-refractivity contribution is 0.0698. The zero-order valence-electron chi connectivity index (χ0n) is 15.8. The van der Waals surface area contributed by atoms with Crippen LogP contribution in [0.5, 0.6) is 0 Å². The molecule has 146 valence electrons. The molecule has 6 nitrogen and oxygen atoms in total. The Balaban J connectivity index is 2.13. The normalized spacial score (nSPS) is 16.1. The summed E-state index contributed by atoms with van der Waals surface area (Å²) < 4.78 is 26.9. The summed E-state index contributed by atoms with van der Waals surface area (Å²) in [5.74, 6) is -0.780. The van der Waals surface area contributed by atoms with Crippen molar-refractivity contribution in [1.29, 1.82) is 0 Å². The largest absolute Gasteiger partial charge is 0.478 e. The van der Waals surface area contributed by atoms with Gasteiger partial charge >= 0.3 is 5.97 Å². The SMILES string of the molecule is CCN(CC)S(=O)(=O)c1ccc2nc(C3CCCCC3)cc(C(=O)O)c2c1. The van der Waals surface area contributed by atoms with Gasteiger partial charge in [0.2, 0.25) is 10.0 Å². The summed E-state index contributed by atoms with van der Waals surface area (Å²) in [4.78, 5) is 16.7. The molecule has 7 heteroatoms. The monoisotopic (exact) mass is 390 g/mol. The van der Waals surface area contributed by atoms with Crippen molar-refractivity contribution in [3.63, 3.8) is 0 Å². The standard InChI is InChI=1S/C20H26N2O4S/c1-3-22(4-2)27(25,26)15-10-11-18-16(12-15)17(20(23)24)13-19(21-18)14-8-6-5-7-9-14/h10-14H,3-9H2,1-2H3,(H,23,24). The van der Waals surface area contributed by atoms with Crippen molar-refractivity contribution in [3.05, 3.63) is 35.5 Å². The van der Waals surface area contributed by atoms with Crippen LogP contribution in [0.1, 0.15) is 67.9 Å². The molecule has 0 saturated heterocycles. The van der Waals surface area contributed by atoms with Gasteiger partial charge in [-0.15, -0.1) is 0 Å². The molecule has 0 unspecified atom stereocenters. The van der Waals surface area contributed by atoms with Crippen LogP contribution >= 0.6 is 0 Å². The van der Waals surface area contributed by atoms with E-state index >= 15 is 0 Å². The summed E-state index contributed by atoms with van der Waals surface area (Å²) in [6.07, 6.45) is 5.52. The van der Waals surface area contributed by atoms with Crippen LogP contribution in [-0.4, -0.2) is 41.9 Å². The zero-order valence-corrected chi connectivity index (χ0v) is 16.6. The highest BCUT2D eigenvalue weighted by Crippen LogP contribution is 2.34. The molecular weight excluding hydrogens is 364 g/mol. The van der Waals surface area contributed by atoms with Crippen LogP contribution in [0.2, 0.25) is 0 Å². The lowest BCUT2D eigenvalue weighted by atomic mass is 9.86. The molecule has 1 aliphatic carbocycles. The van der Waals surface area contributed by atoms with Crippen molar-refractivity contribution >= 4 is 26.9 Å². The molecule has 1 fully saturated rings. The Bertz CT molecular complexity index is 946. The molecule has 0 aliphatic heterocycles. The molecule has 0 amide bonds. The number of pyridine rings is 1. The molecule has 1 heterocycles. The first kappa shape index (κ1) is 19.8. The van der Waals surface area contributed by atoms with Crippen LogP contribution < -0.4 is 0 Å². The van der Waals surface area contributed by atoms with Gasteiger partial charge in [0.1, 0.15) is 0 Å². The van der Waals surface area contributed by atoms with Gasteiger partial charge in [-0.3, -0.25) is 4.98 Å². The molecule has 1 aliphatic rings. The fourth-order valence-electron chi connectivity index (χ4n) is 3.88. The van der Waals surface area contributed by atoms with Crippen LogP contribution in [0.25, 0.3) is 10.9 Å². The number of hydrogen-bond donors (Lipinski definition) is 1. The fraction of sp³-hybridized carbons (Fsp3) is 0.500. The van der Waals surface area contributed by atoms with E-state index in [2.05, 4.69) is 4.98 Å². The Morgan fingerprint density at radius 3 is 2.41 bits per heavy atom. The van der Waals surface area contributed by atoms with Gasteiger partial charge in [-0.2, -0.15) is 4.31 Å². The van der Waals surface area contributed by atoms with Gasteiger partial charge in [0, 0.05) is 30.1 Å². The summed E-state index contributed by atoms with van der Waals surface area (Å²) in [6, 6.07) is 6.24. The number of carboxylic acid groups (broad SMARTS) is 1. The molecule has 27 heavy (non-hydrogen) atoms. The Labute approximate surface area is 160 Å². The average molecular weight is 391 g/mol. The number of carbonyl (C=O) groups is 1. The maximum atomic E-state index is 12.8. The lowest BCUT2D eigenvalue weighted by Crippen LogP contribution is -2.30. The fourth-order valence-corrected chi connectivity index (χ4v) is 5.37. The van der Waals surface area contributed by atoms with Crippen molar-refractivity contribution in [2.45, 2.75) is 56.8 Å². The molecule has 0 bridgehead atoms. The molecule has 1 aromatic carbocycles. The van der Waals surface area contributed by atoms with E-state index in [-0.39, 0.29) is 16.4 Å². The lowest BCUT2D eigenvalue weighted by Gasteiger charge is -2.22. The van der Waals surface area contributed by atoms with Crippen LogP contribution in [0, 0.1) is 0 Å². The number of aromatic nitrogens is 1. The predicted octanol–water partition coefficient (Wildman–Crippen LogP) is 4.01. The minimum absolute atomic E-state index is 0.105. The summed E-state index contributed by atoms with van der Waals surface area (Å²) in [5.41, 5.74) is 1.46. The van der Waals surface area contributed by atoms with E-state index in [1.165, 1.54) is 22.9 Å². The van der Waals surface area contributed by atoms with Gasteiger partial charge < -0.3 is 5.11 Å². The molecular formula is C20H26N2O4S. The van der Waals surface area contributed by atoms with Crippen LogP contribution in [-0.2, 0) is 10.0 Å². The van der Waals surface area contributed by atoms with Gasteiger partial charge in [0.05, 0.1) is 16.0 Å². The molecule has 1 saturated carbocycles. The smallest absolute Gasteiger partial charge is 0.336 e. The Morgan fingerprint density at radius 1 is 1.15 bits per heavy atom. The van der Waals surface area contributed by atoms with Gasteiger partial charge in [0.25, 0.3) is 0 Å². The third-order valence-electron chi connectivity index (χ3n) is 5.40. The molecule has 1 aromatic heterocycles. The van der Waals surface area contributed by atoms with Gasteiger partial charge in [-0.25, -0.2) is 13.2 Å². The predicted molar refractivity (Wildman–Crippen MR) is 105 cm³/mol. The Kier molecular flexibility index (Phi) is 5.81. The minimum atomic E-state index is -3.65. The molecule has 3 rings (SSSR count). The number of fused-ring (bicyclic) bond motifs is 1. The molecule has 0 spiro atoms. The van der Waals surface area contributed by atoms with E-state index in [9.17, 15) is 18.3 Å². The topological polar surface area (TPSA) is 87.6 Å². The summed E-state index contributed by atoms with van der Waals surface area (Å²) in [6.45, 7) is 4.29. The highest BCUT2D eigenvalue weighted by molar-refractivity contribution is 7.89. The number of carboxylic acids is 1. The van der Waals surface area contributed by atoms with Crippen LogP contribution in [0.4, 0.5) is 0 Å². The molecule has 2 aromatic rings. The van der Waals surface area contributed by atoms with Crippen LogP contribution in [0.3, 0.4) is 0 Å². The highest BCUT2D eigenvalue weighted by atomic mass is 32.2. The average Bonchev–Trinajstić information content (AvgIpc) is 2.68. The van der Waals surface area contributed by atoms with E-state index in [0.717, 1.165) is 31.4 Å². The Morgan fingerprint density at radius 2 is 1.81 bits per heavy atom. The number of hydrogen-bond acceptors (Lipinski definition) is 4. The molecule has 1 N–H and O–H groups in total. The number of nitrogens with zero attached hydrogens (tertiary/aromatic N) is 2. The number of aromatic carboxylic acids is 1. The van der Waals surface area contributed by atoms with Gasteiger partial charge in [-0.1, -0.05) is 33.1 Å². The second-order valence-corrected chi connectivity index (χ2v) is 8.94. The summed E-state index contributed by atoms with van der Waals surface area (Å²) in [5, 5.41) is 10.1. The van der Waals surface area contributed by atoms with Crippen molar-refractivity contribution in [3.8, 4) is 0 Å². The van der Waals surface area contributed by atoms with Gasteiger partial charge in [-0.05, 0) is 37.1 Å². The first-order valence-corrected chi connectivity index (χ1v) is 11.0. The van der Waals surface area contributed by atoms with Gasteiger partial charge in [0.15, 0.2) is 0 Å². The third-order valence-corrected chi connectivity index (χ3v) is 7.44. The number of rotatable bonds is 6. The maximum absolute atomic E-state index is 12.8. The van der Waals surface area contributed by atoms with E-state index in [4.69, 9.17) is 0 Å². The quantitative estimate of drug-likeness (QED) is 0.805. The maximum Gasteiger partial charge on any atom is 0.336 e. The summed E-state index contributed by atoms with van der Waals surface area (Å²) in [7, 11) is -3.65. The van der Waals surface area contributed by atoms with Crippen molar-refractivity contribution in [1.82, 2.24) is 9.29 Å². The highest BCUT2D eigenvalue weighted by Gasteiger charge is 2.24. The van der Waals surface area contributed by atoms with E-state index in [1.54, 1.807) is 26.0 Å². The molecule has 0 radical (unpaired) electrons. The number of benzene rings is 1.